The molecule has 10 heteroatoms. The molecular weight excluding hydrogens is 710 g/mol. The Hall–Kier alpha value is -6.00. The summed E-state index contributed by atoms with van der Waals surface area (Å²) >= 11 is 0. The lowest BCUT2D eigenvalue weighted by molar-refractivity contribution is -0.137. The van der Waals surface area contributed by atoms with Gasteiger partial charge in [0.05, 0.1) is 12.1 Å². The molecule has 1 fully saturated rings. The van der Waals surface area contributed by atoms with E-state index in [1.807, 2.05) is 53.5 Å². The van der Waals surface area contributed by atoms with Crippen LogP contribution in [0.25, 0.3) is 5.57 Å². The van der Waals surface area contributed by atoms with Crippen LogP contribution in [0.15, 0.2) is 151 Å². The van der Waals surface area contributed by atoms with Crippen LogP contribution < -0.4 is 10.2 Å². The predicted octanol–water partition coefficient (Wildman–Crippen LogP) is 9.43. The van der Waals surface area contributed by atoms with Crippen LogP contribution in [0.3, 0.4) is 0 Å². The Kier molecular flexibility index (Phi) is 10.6. The average molecular weight is 753 g/mol. The fraction of sp³-hybridized carbons (Fsp3) is 0.239. The van der Waals surface area contributed by atoms with Gasteiger partial charge in [0.15, 0.2) is 5.82 Å². The number of hydrogen-bond donors (Lipinski definition) is 1. The molecule has 0 atom stereocenters. The fourth-order valence-electron chi connectivity index (χ4n) is 8.13. The Bertz CT molecular complexity index is 2170. The second-order valence-corrected chi connectivity index (χ2v) is 14.4. The molecule has 5 aromatic carbocycles. The largest absolute Gasteiger partial charge is 0.416 e. The molecule has 6 aromatic rings. The number of nitrogens with zero attached hydrogens (tertiary/aromatic N) is 5. The Labute approximate surface area is 325 Å². The fourth-order valence-corrected chi connectivity index (χ4v) is 8.13. The molecule has 1 saturated heterocycles. The molecule has 7 nitrogen and oxygen atoms in total. The highest BCUT2D eigenvalue weighted by atomic mass is 19.4. The van der Waals surface area contributed by atoms with E-state index in [2.05, 4.69) is 87.9 Å². The second-order valence-electron chi connectivity index (χ2n) is 14.4. The van der Waals surface area contributed by atoms with Gasteiger partial charge in [-0.05, 0) is 89.9 Å². The predicted molar refractivity (Wildman–Crippen MR) is 214 cm³/mol. The molecule has 0 radical (unpaired) electrons. The number of aromatic nitrogens is 3. The lowest BCUT2D eigenvalue weighted by Gasteiger charge is -2.36. The third kappa shape index (κ3) is 7.62. The number of carbonyl (C=O) groups is 1. The number of piperazine rings is 1. The third-order valence-corrected chi connectivity index (χ3v) is 11.0. The standard InChI is InChI=1S/C46H43F3N6O/c47-46(48,49)38-22-20-34(21-23-38)41-18-10-11-19-42(41)44(56)51-39-24-26-40(27-25-39)54-30-28-53(29-31-54)32-43-50-33-55(52-43)45(35-12-4-1-5-13-35,36-14-6-2-7-15-36)37-16-8-3-9-17-37/h1-9,12-17,20-27,33H,10-11,18-19,28-32H2,(H,51,56). The van der Waals surface area contributed by atoms with Crippen molar-refractivity contribution in [3.63, 3.8) is 0 Å². The molecule has 2 aliphatic rings. The van der Waals surface area contributed by atoms with Crippen molar-refractivity contribution in [1.82, 2.24) is 19.7 Å². The average Bonchev–Trinajstić information content (AvgIpc) is 3.71. The zero-order chi connectivity index (χ0) is 38.5. The Morgan fingerprint density at radius 1 is 0.643 bits per heavy atom. The van der Waals surface area contributed by atoms with E-state index < -0.39 is 17.3 Å². The number of halogens is 3. The van der Waals surface area contributed by atoms with Crippen molar-refractivity contribution in [3.8, 4) is 0 Å². The van der Waals surface area contributed by atoms with Crippen LogP contribution in [0.4, 0.5) is 24.5 Å². The van der Waals surface area contributed by atoms with Crippen LogP contribution in [0, 0.1) is 0 Å². The lowest BCUT2D eigenvalue weighted by Crippen LogP contribution is -2.46. The van der Waals surface area contributed by atoms with E-state index in [-0.39, 0.29) is 5.91 Å². The summed E-state index contributed by atoms with van der Waals surface area (Å²) in [4.78, 5) is 23.0. The second kappa shape index (κ2) is 16.0. The van der Waals surface area contributed by atoms with E-state index in [0.29, 0.717) is 36.2 Å². The van der Waals surface area contributed by atoms with E-state index in [9.17, 15) is 18.0 Å². The van der Waals surface area contributed by atoms with Crippen LogP contribution in [-0.2, 0) is 23.1 Å². The number of alkyl halides is 3. The first-order valence-corrected chi connectivity index (χ1v) is 19.1. The van der Waals surface area contributed by atoms with Gasteiger partial charge in [-0.15, -0.1) is 0 Å². The van der Waals surface area contributed by atoms with Gasteiger partial charge < -0.3 is 10.2 Å². The zero-order valence-corrected chi connectivity index (χ0v) is 31.0. The molecule has 0 bridgehead atoms. The van der Waals surface area contributed by atoms with E-state index in [4.69, 9.17) is 10.1 Å². The van der Waals surface area contributed by atoms with E-state index in [0.717, 1.165) is 84.9 Å². The van der Waals surface area contributed by atoms with E-state index >= 15 is 0 Å². The maximum absolute atomic E-state index is 13.4. The highest BCUT2D eigenvalue weighted by Crippen LogP contribution is 2.40. The normalized spacial score (nSPS) is 15.5. The van der Waals surface area contributed by atoms with E-state index in [1.54, 1.807) is 0 Å². The number of nitrogens with one attached hydrogen (secondary N) is 1. The Balaban J connectivity index is 0.927. The molecular formula is C46H43F3N6O. The maximum atomic E-state index is 13.4. The highest BCUT2D eigenvalue weighted by molar-refractivity contribution is 6.09. The van der Waals surface area contributed by atoms with Gasteiger partial charge in [0, 0.05) is 43.1 Å². The van der Waals surface area contributed by atoms with Crippen LogP contribution >= 0.6 is 0 Å². The summed E-state index contributed by atoms with van der Waals surface area (Å²) in [5, 5.41) is 8.19. The molecule has 1 amide bonds. The Morgan fingerprint density at radius 3 is 1.75 bits per heavy atom. The summed E-state index contributed by atoms with van der Waals surface area (Å²) in [7, 11) is 0. The van der Waals surface area contributed by atoms with Crippen molar-refractivity contribution in [2.24, 2.45) is 0 Å². The number of allylic oxidation sites excluding steroid dienone is 1. The molecule has 0 spiro atoms. The third-order valence-electron chi connectivity index (χ3n) is 11.0. The summed E-state index contributed by atoms with van der Waals surface area (Å²) in [5.41, 5.74) is 5.78. The van der Waals surface area contributed by atoms with Crippen molar-refractivity contribution in [3.05, 3.63) is 185 Å². The molecule has 284 valence electrons. The monoisotopic (exact) mass is 752 g/mol. The number of anilines is 2. The van der Waals surface area contributed by atoms with Crippen molar-refractivity contribution in [2.75, 3.05) is 36.4 Å². The van der Waals surface area contributed by atoms with Gasteiger partial charge in [0.2, 0.25) is 0 Å². The van der Waals surface area contributed by atoms with Crippen LogP contribution in [0.1, 0.15) is 59.3 Å². The van der Waals surface area contributed by atoms with Gasteiger partial charge in [0.1, 0.15) is 11.9 Å². The molecule has 1 aliphatic heterocycles. The van der Waals surface area contributed by atoms with Gasteiger partial charge >= 0.3 is 6.18 Å². The van der Waals surface area contributed by atoms with Crippen molar-refractivity contribution >= 4 is 22.9 Å². The molecule has 56 heavy (non-hydrogen) atoms. The first-order chi connectivity index (χ1) is 27.3. The minimum absolute atomic E-state index is 0.203. The van der Waals surface area contributed by atoms with Gasteiger partial charge in [-0.25, -0.2) is 9.67 Å². The van der Waals surface area contributed by atoms with Crippen LogP contribution in [-0.4, -0.2) is 51.8 Å². The quantitative estimate of drug-likeness (QED) is 0.141. The molecule has 8 rings (SSSR count). The van der Waals surface area contributed by atoms with Gasteiger partial charge in [-0.3, -0.25) is 9.69 Å². The minimum atomic E-state index is -4.40. The van der Waals surface area contributed by atoms with Crippen molar-refractivity contribution in [2.45, 2.75) is 43.9 Å². The van der Waals surface area contributed by atoms with Crippen LogP contribution in [0.2, 0.25) is 0 Å². The molecule has 1 N–H and O–H groups in total. The highest BCUT2D eigenvalue weighted by Gasteiger charge is 2.40. The number of amides is 1. The number of benzene rings is 5. The molecule has 1 aromatic heterocycles. The summed E-state index contributed by atoms with van der Waals surface area (Å²) < 4.78 is 41.4. The molecule has 0 unspecified atom stereocenters. The SMILES string of the molecule is O=C(Nc1ccc(N2CCN(Cc3ncn(C(c4ccccc4)(c4ccccc4)c4ccccc4)n3)CC2)cc1)C1=C(c2ccc(C(F)(F)F)cc2)CCCC1. The maximum Gasteiger partial charge on any atom is 0.416 e. The first kappa shape index (κ1) is 36.9. The lowest BCUT2D eigenvalue weighted by atomic mass is 9.77. The molecule has 0 saturated carbocycles. The molecule has 1 aliphatic carbocycles. The van der Waals surface area contributed by atoms with Crippen molar-refractivity contribution in [1.29, 1.82) is 0 Å². The van der Waals surface area contributed by atoms with E-state index in [1.165, 1.54) is 12.1 Å². The van der Waals surface area contributed by atoms with Crippen LogP contribution in [0.5, 0.6) is 0 Å². The van der Waals surface area contributed by atoms with Gasteiger partial charge in [-0.2, -0.15) is 18.3 Å². The van der Waals surface area contributed by atoms with Crippen molar-refractivity contribution < 1.29 is 18.0 Å². The van der Waals surface area contributed by atoms with Gasteiger partial charge in [-0.1, -0.05) is 103 Å². The summed E-state index contributed by atoms with van der Waals surface area (Å²) in [6, 6.07) is 44.4. The summed E-state index contributed by atoms with van der Waals surface area (Å²) in [6.07, 6.45) is 0.476. The Morgan fingerprint density at radius 2 is 1.20 bits per heavy atom. The minimum Gasteiger partial charge on any atom is -0.369 e. The number of rotatable bonds is 10. The smallest absolute Gasteiger partial charge is 0.369 e. The number of hydrogen-bond acceptors (Lipinski definition) is 5. The summed E-state index contributed by atoms with van der Waals surface area (Å²) in [5.74, 6) is 0.561. The summed E-state index contributed by atoms with van der Waals surface area (Å²) in [6.45, 7) is 3.98. The van der Waals surface area contributed by atoms with Gasteiger partial charge in [0.25, 0.3) is 5.91 Å². The number of carbonyl (C=O) groups excluding carboxylic acids is 1. The first-order valence-electron chi connectivity index (χ1n) is 19.1. The zero-order valence-electron chi connectivity index (χ0n) is 31.0. The molecule has 2 heterocycles. The topological polar surface area (TPSA) is 66.3 Å².